The summed E-state index contributed by atoms with van der Waals surface area (Å²) in [6.45, 7) is 0.804. The van der Waals surface area contributed by atoms with Gasteiger partial charge < -0.3 is 10.2 Å². The second kappa shape index (κ2) is 5.99. The lowest BCUT2D eigenvalue weighted by molar-refractivity contribution is 0.901. The zero-order valence-electron chi connectivity index (χ0n) is 11.8. The third-order valence-electron chi connectivity index (χ3n) is 3.22. The molecule has 0 aliphatic rings. The average Bonchev–Trinajstić information content (AvgIpc) is 2.96. The first-order valence-electron chi connectivity index (χ1n) is 6.56. The van der Waals surface area contributed by atoms with Crippen LogP contribution in [0.1, 0.15) is 5.56 Å². The van der Waals surface area contributed by atoms with E-state index in [1.54, 1.807) is 11.3 Å². The first kappa shape index (κ1) is 14.3. The minimum atomic E-state index is 0.655. The van der Waals surface area contributed by atoms with Crippen LogP contribution in [0.3, 0.4) is 0 Å². The third kappa shape index (κ3) is 3.01. The molecular weight excluding hydrogens is 348 g/mol. The lowest BCUT2D eigenvalue weighted by Crippen LogP contribution is -2.18. The van der Waals surface area contributed by atoms with Crippen molar-refractivity contribution < 1.29 is 0 Å². The molecule has 108 valence electrons. The number of thiophene rings is 1. The maximum Gasteiger partial charge on any atom is 0.225 e. The lowest BCUT2D eigenvalue weighted by atomic mass is 10.2. The Labute approximate surface area is 136 Å². The van der Waals surface area contributed by atoms with Crippen molar-refractivity contribution in [3.8, 4) is 0 Å². The highest BCUT2D eigenvalue weighted by molar-refractivity contribution is 9.10. The number of nitrogens with one attached hydrogen (secondary N) is 1. The van der Waals surface area contributed by atoms with Gasteiger partial charge in [0.05, 0.1) is 5.39 Å². The van der Waals surface area contributed by atoms with Gasteiger partial charge in [-0.2, -0.15) is 4.98 Å². The molecule has 1 aromatic carbocycles. The lowest BCUT2D eigenvalue weighted by Gasteiger charge is -2.19. The number of nitrogens with zero attached hydrogens (tertiary/aromatic N) is 3. The van der Waals surface area contributed by atoms with Crippen LogP contribution in [0.25, 0.3) is 10.2 Å². The van der Waals surface area contributed by atoms with Crippen molar-refractivity contribution in [2.24, 2.45) is 0 Å². The summed E-state index contributed by atoms with van der Waals surface area (Å²) >= 11 is 5.09. The Kier molecular flexibility index (Phi) is 4.07. The molecule has 0 aliphatic heterocycles. The molecule has 2 aromatic heterocycles. The minimum Gasteiger partial charge on any atom is -0.357 e. The van der Waals surface area contributed by atoms with Gasteiger partial charge in [-0.05, 0) is 29.1 Å². The Bertz CT molecular complexity index is 754. The number of benzene rings is 1. The third-order valence-corrected chi connectivity index (χ3v) is 4.56. The molecule has 0 amide bonds. The summed E-state index contributed by atoms with van der Waals surface area (Å²) in [6.07, 6.45) is 0. The van der Waals surface area contributed by atoms with Crippen LogP contribution >= 0.6 is 27.3 Å². The van der Waals surface area contributed by atoms with Crippen molar-refractivity contribution >= 4 is 49.2 Å². The molecule has 0 radical (unpaired) electrons. The second-order valence-corrected chi connectivity index (χ2v) is 6.55. The second-order valence-electron chi connectivity index (χ2n) is 4.74. The molecule has 6 heteroatoms. The highest BCUT2D eigenvalue weighted by Gasteiger charge is 2.12. The zero-order valence-corrected chi connectivity index (χ0v) is 14.2. The van der Waals surface area contributed by atoms with Crippen molar-refractivity contribution in [3.63, 3.8) is 0 Å². The van der Waals surface area contributed by atoms with Crippen molar-refractivity contribution in [2.75, 3.05) is 24.3 Å². The molecule has 3 aromatic rings. The van der Waals surface area contributed by atoms with Gasteiger partial charge in [0.1, 0.15) is 10.6 Å². The number of aromatic nitrogens is 2. The number of rotatable bonds is 4. The molecule has 0 bridgehead atoms. The number of hydrogen-bond donors (Lipinski definition) is 1. The average molecular weight is 363 g/mol. The van der Waals surface area contributed by atoms with Crippen molar-refractivity contribution in [3.05, 3.63) is 45.7 Å². The minimum absolute atomic E-state index is 0.655. The molecule has 4 nitrogen and oxygen atoms in total. The molecule has 0 atom stereocenters. The van der Waals surface area contributed by atoms with E-state index in [1.807, 2.05) is 7.05 Å². The fourth-order valence-corrected chi connectivity index (χ4v) is 3.20. The van der Waals surface area contributed by atoms with Crippen molar-refractivity contribution in [1.82, 2.24) is 9.97 Å². The predicted molar refractivity (Wildman–Crippen MR) is 93.2 cm³/mol. The molecule has 1 N–H and O–H groups in total. The molecule has 3 rings (SSSR count). The smallest absolute Gasteiger partial charge is 0.225 e. The normalized spacial score (nSPS) is 10.8. The van der Waals surface area contributed by atoms with Crippen LogP contribution in [-0.4, -0.2) is 24.1 Å². The Morgan fingerprint density at radius 2 is 1.95 bits per heavy atom. The summed E-state index contributed by atoms with van der Waals surface area (Å²) in [5.74, 6) is 1.61. The quantitative estimate of drug-likeness (QED) is 0.757. The highest BCUT2D eigenvalue weighted by Crippen LogP contribution is 2.29. The Hall–Kier alpha value is -1.66. The predicted octanol–water partition coefficient (Wildman–Crippen LogP) is 4.13. The monoisotopic (exact) mass is 362 g/mol. The molecule has 21 heavy (non-hydrogen) atoms. The molecule has 2 heterocycles. The number of halogens is 1. The maximum absolute atomic E-state index is 4.61. The molecule has 0 aliphatic carbocycles. The van der Waals surface area contributed by atoms with Gasteiger partial charge in [0, 0.05) is 25.1 Å². The van der Waals surface area contributed by atoms with E-state index in [9.17, 15) is 0 Å². The van der Waals surface area contributed by atoms with E-state index >= 15 is 0 Å². The van der Waals surface area contributed by atoms with E-state index < -0.39 is 0 Å². The van der Waals surface area contributed by atoms with Gasteiger partial charge in [0.2, 0.25) is 5.95 Å². The van der Waals surface area contributed by atoms with Crippen molar-refractivity contribution in [2.45, 2.75) is 6.54 Å². The number of fused-ring (bicyclic) bond motifs is 1. The van der Waals surface area contributed by atoms with Crippen molar-refractivity contribution in [1.29, 1.82) is 0 Å². The van der Waals surface area contributed by atoms with Gasteiger partial charge in [-0.3, -0.25) is 0 Å². The standard InChI is InChI=1S/C15H15BrN4S/c1-17-15-18-13(12-7-8-21-14(12)19-15)20(2)9-10-3-5-11(16)6-4-10/h3-8H,9H2,1-2H3,(H,17,18,19). The molecule has 0 saturated carbocycles. The summed E-state index contributed by atoms with van der Waals surface area (Å²) in [4.78, 5) is 12.2. The summed E-state index contributed by atoms with van der Waals surface area (Å²) in [5.41, 5.74) is 1.24. The first-order valence-corrected chi connectivity index (χ1v) is 8.23. The van der Waals surface area contributed by atoms with Crippen LogP contribution in [0.4, 0.5) is 11.8 Å². The van der Waals surface area contributed by atoms with Crippen LogP contribution < -0.4 is 10.2 Å². The zero-order chi connectivity index (χ0) is 14.8. The Morgan fingerprint density at radius 1 is 1.19 bits per heavy atom. The van der Waals surface area contributed by atoms with Gasteiger partial charge in [0.25, 0.3) is 0 Å². The van der Waals surface area contributed by atoms with Crippen LogP contribution in [0.5, 0.6) is 0 Å². The number of anilines is 2. The molecule has 0 saturated heterocycles. The van der Waals surface area contributed by atoms with Gasteiger partial charge in [0.15, 0.2) is 0 Å². The van der Waals surface area contributed by atoms with E-state index in [0.717, 1.165) is 27.1 Å². The van der Waals surface area contributed by atoms with Crippen LogP contribution in [0, 0.1) is 0 Å². The van der Waals surface area contributed by atoms with E-state index in [2.05, 4.69) is 78.9 Å². The molecular formula is C15H15BrN4S. The SMILES string of the molecule is CNc1nc(N(C)Cc2ccc(Br)cc2)c2ccsc2n1. The van der Waals surface area contributed by atoms with Crippen LogP contribution in [0.2, 0.25) is 0 Å². The number of hydrogen-bond acceptors (Lipinski definition) is 5. The van der Waals surface area contributed by atoms with Gasteiger partial charge in [-0.1, -0.05) is 28.1 Å². The molecule has 0 fully saturated rings. The topological polar surface area (TPSA) is 41.1 Å². The summed E-state index contributed by atoms with van der Waals surface area (Å²) < 4.78 is 1.09. The highest BCUT2D eigenvalue weighted by atomic mass is 79.9. The van der Waals surface area contributed by atoms with Crippen LogP contribution in [-0.2, 0) is 6.54 Å². The van der Waals surface area contributed by atoms with Gasteiger partial charge in [-0.15, -0.1) is 11.3 Å². The summed E-state index contributed by atoms with van der Waals surface area (Å²) in [6, 6.07) is 10.4. The van der Waals surface area contributed by atoms with Gasteiger partial charge >= 0.3 is 0 Å². The van der Waals surface area contributed by atoms with E-state index in [1.165, 1.54) is 5.56 Å². The largest absolute Gasteiger partial charge is 0.357 e. The van der Waals surface area contributed by atoms with Gasteiger partial charge in [-0.25, -0.2) is 4.98 Å². The Balaban J connectivity index is 1.94. The van der Waals surface area contributed by atoms with E-state index in [0.29, 0.717) is 5.95 Å². The van der Waals surface area contributed by atoms with Crippen LogP contribution in [0.15, 0.2) is 40.2 Å². The van der Waals surface area contributed by atoms with E-state index in [4.69, 9.17) is 0 Å². The maximum atomic E-state index is 4.61. The summed E-state index contributed by atoms with van der Waals surface area (Å²) in [7, 11) is 3.90. The fraction of sp³-hybridized carbons (Fsp3) is 0.200. The molecule has 0 unspecified atom stereocenters. The molecule has 0 spiro atoms. The fourth-order valence-electron chi connectivity index (χ4n) is 2.18. The van der Waals surface area contributed by atoms with E-state index in [-0.39, 0.29) is 0 Å². The first-order chi connectivity index (χ1) is 10.2. The summed E-state index contributed by atoms with van der Waals surface area (Å²) in [5, 5.41) is 6.17. The Morgan fingerprint density at radius 3 is 2.67 bits per heavy atom.